The smallest absolute Gasteiger partial charge is 0.252 e. The first-order valence-corrected chi connectivity index (χ1v) is 14.5. The lowest BCUT2D eigenvalue weighted by molar-refractivity contribution is 0.0941. The molecular weight excluding hydrogens is 544 g/mol. The fourth-order valence-electron chi connectivity index (χ4n) is 4.27. The number of carbonyl (C=O) groups excluding carboxylic acids is 2. The molecule has 0 atom stereocenters. The second kappa shape index (κ2) is 11.7. The molecule has 8 nitrogen and oxygen atoms in total. The van der Waals surface area contributed by atoms with Gasteiger partial charge in [0.1, 0.15) is 11.5 Å². The van der Waals surface area contributed by atoms with E-state index in [0.29, 0.717) is 35.7 Å². The fourth-order valence-corrected chi connectivity index (χ4v) is 6.55. The third-order valence-electron chi connectivity index (χ3n) is 6.19. The van der Waals surface area contributed by atoms with Gasteiger partial charge in [-0.25, -0.2) is 0 Å². The van der Waals surface area contributed by atoms with Gasteiger partial charge in [-0.1, -0.05) is 45.9 Å². The van der Waals surface area contributed by atoms with Crippen molar-refractivity contribution in [1.82, 2.24) is 20.6 Å². The van der Waals surface area contributed by atoms with Crippen molar-refractivity contribution in [3.05, 3.63) is 120 Å². The lowest BCUT2D eigenvalue weighted by atomic mass is 10.1. The molecule has 0 aliphatic heterocycles. The van der Waals surface area contributed by atoms with E-state index in [4.69, 9.17) is 8.83 Å². The van der Waals surface area contributed by atoms with E-state index in [9.17, 15) is 9.59 Å². The molecule has 4 aromatic heterocycles. The van der Waals surface area contributed by atoms with E-state index in [1.807, 2.05) is 48.5 Å². The molecule has 0 fully saturated rings. The van der Waals surface area contributed by atoms with Gasteiger partial charge in [0.25, 0.3) is 11.8 Å². The molecule has 2 amide bonds. The summed E-state index contributed by atoms with van der Waals surface area (Å²) in [5.41, 5.74) is 2.55. The molecule has 40 heavy (non-hydrogen) atoms. The number of furan rings is 2. The summed E-state index contributed by atoms with van der Waals surface area (Å²) < 4.78 is 10.6. The highest BCUT2D eigenvalue weighted by atomic mass is 33.1. The highest BCUT2D eigenvalue weighted by molar-refractivity contribution is 8.76. The number of hydrogen-bond donors (Lipinski definition) is 2. The average Bonchev–Trinajstić information content (AvgIpc) is 3.72. The van der Waals surface area contributed by atoms with Gasteiger partial charge in [-0.15, -0.1) is 0 Å². The third-order valence-corrected chi connectivity index (χ3v) is 8.61. The van der Waals surface area contributed by atoms with E-state index in [0.717, 1.165) is 31.6 Å². The van der Waals surface area contributed by atoms with Crippen LogP contribution in [-0.4, -0.2) is 21.8 Å². The van der Waals surface area contributed by atoms with Gasteiger partial charge in [-0.2, -0.15) is 0 Å². The molecule has 0 bridgehead atoms. The summed E-state index contributed by atoms with van der Waals surface area (Å²) >= 11 is 0. The number of hydrogen-bond acceptors (Lipinski definition) is 8. The number of rotatable bonds is 9. The number of carbonyl (C=O) groups is 2. The molecule has 0 unspecified atom stereocenters. The average molecular weight is 567 g/mol. The molecule has 0 saturated carbocycles. The Kier molecular flexibility index (Phi) is 7.51. The van der Waals surface area contributed by atoms with Gasteiger partial charge < -0.3 is 19.5 Å². The minimum Gasteiger partial charge on any atom is -0.467 e. The normalized spacial score (nSPS) is 11.1. The molecule has 6 aromatic rings. The summed E-state index contributed by atoms with van der Waals surface area (Å²) in [4.78, 5) is 36.9. The predicted octanol–water partition coefficient (Wildman–Crippen LogP) is 6.63. The highest BCUT2D eigenvalue weighted by Gasteiger charge is 2.16. The topological polar surface area (TPSA) is 110 Å². The van der Waals surface area contributed by atoms with Crippen molar-refractivity contribution in [2.24, 2.45) is 0 Å². The van der Waals surface area contributed by atoms with E-state index < -0.39 is 0 Å². The van der Waals surface area contributed by atoms with E-state index in [1.165, 1.54) is 21.6 Å². The highest BCUT2D eigenvalue weighted by Crippen LogP contribution is 2.42. The summed E-state index contributed by atoms with van der Waals surface area (Å²) in [6.07, 6.45) is 6.44. The minimum absolute atomic E-state index is 0.199. The van der Waals surface area contributed by atoms with E-state index >= 15 is 0 Å². The number of pyridine rings is 2. The molecule has 6 rings (SSSR count). The molecule has 0 saturated heterocycles. The summed E-state index contributed by atoms with van der Waals surface area (Å²) in [6.45, 7) is 0.605. The van der Waals surface area contributed by atoms with Crippen LogP contribution in [0.15, 0.2) is 116 Å². The Morgan fingerprint density at radius 2 is 1.10 bits per heavy atom. The zero-order valence-corrected chi connectivity index (χ0v) is 22.6. The molecule has 4 heterocycles. The van der Waals surface area contributed by atoms with Crippen molar-refractivity contribution in [1.29, 1.82) is 0 Å². The van der Waals surface area contributed by atoms with Crippen LogP contribution < -0.4 is 10.6 Å². The van der Waals surface area contributed by atoms with E-state index in [1.54, 1.807) is 49.2 Å². The Labute approximate surface area is 237 Å². The van der Waals surface area contributed by atoms with Gasteiger partial charge in [0.05, 0.1) is 47.8 Å². The number of fused-ring (bicyclic) bond motifs is 2. The van der Waals surface area contributed by atoms with Crippen molar-refractivity contribution in [3.63, 3.8) is 0 Å². The van der Waals surface area contributed by atoms with Crippen molar-refractivity contribution in [2.45, 2.75) is 22.9 Å². The number of amides is 2. The van der Waals surface area contributed by atoms with Crippen LogP contribution >= 0.6 is 21.6 Å². The number of para-hydroxylation sites is 2. The van der Waals surface area contributed by atoms with Crippen LogP contribution in [0, 0.1) is 0 Å². The summed E-state index contributed by atoms with van der Waals surface area (Å²) in [5.74, 6) is 0.965. The molecule has 0 aliphatic carbocycles. The quantitative estimate of drug-likeness (QED) is 0.188. The monoisotopic (exact) mass is 566 g/mol. The second-order valence-corrected chi connectivity index (χ2v) is 10.9. The maximum atomic E-state index is 13.0. The van der Waals surface area contributed by atoms with Crippen LogP contribution in [0.1, 0.15) is 32.2 Å². The fraction of sp³-hybridized carbons (Fsp3) is 0.0667. The molecule has 0 aliphatic rings. The summed E-state index contributed by atoms with van der Waals surface area (Å²) in [6, 6.07) is 22.2. The molecule has 198 valence electrons. The van der Waals surface area contributed by atoms with Gasteiger partial charge in [0, 0.05) is 33.0 Å². The Morgan fingerprint density at radius 3 is 1.52 bits per heavy atom. The van der Waals surface area contributed by atoms with Crippen LogP contribution in [-0.2, 0) is 13.1 Å². The van der Waals surface area contributed by atoms with Crippen LogP contribution in [0.25, 0.3) is 21.8 Å². The van der Waals surface area contributed by atoms with E-state index in [-0.39, 0.29) is 11.8 Å². The molecule has 2 aromatic carbocycles. The number of benzene rings is 2. The van der Waals surface area contributed by atoms with Crippen molar-refractivity contribution >= 4 is 55.2 Å². The first kappa shape index (κ1) is 25.7. The van der Waals surface area contributed by atoms with Gasteiger partial charge >= 0.3 is 0 Å². The van der Waals surface area contributed by atoms with Gasteiger partial charge in [-0.3, -0.25) is 19.6 Å². The SMILES string of the molecule is O=C(NCc1ccco1)c1ccnc2c(SSc3cccc4c(C(=O)NCc5ccco5)ccnc34)cccc12. The van der Waals surface area contributed by atoms with Crippen LogP contribution in [0.4, 0.5) is 0 Å². The zero-order chi connectivity index (χ0) is 27.3. The zero-order valence-electron chi connectivity index (χ0n) is 21.0. The third kappa shape index (κ3) is 5.45. The number of nitrogens with one attached hydrogen (secondary N) is 2. The van der Waals surface area contributed by atoms with Crippen LogP contribution in [0.3, 0.4) is 0 Å². The minimum atomic E-state index is -0.199. The lowest BCUT2D eigenvalue weighted by Crippen LogP contribution is -2.22. The molecule has 2 N–H and O–H groups in total. The standard InChI is InChI=1S/C30H22N4O4S2/c35-29(33-17-19-5-3-15-37-19)23-11-13-31-27-21(23)7-1-9-25(27)39-40-26-10-2-8-22-24(12-14-32-28(22)26)30(36)34-18-20-6-4-16-38-20/h1-16H,17-18H2,(H,33,35)(H,34,36). The predicted molar refractivity (Wildman–Crippen MR) is 155 cm³/mol. The van der Waals surface area contributed by atoms with Crippen LogP contribution in [0.2, 0.25) is 0 Å². The Balaban J connectivity index is 1.22. The largest absolute Gasteiger partial charge is 0.467 e. The van der Waals surface area contributed by atoms with Gasteiger partial charge in [0.2, 0.25) is 0 Å². The number of aromatic nitrogens is 2. The maximum Gasteiger partial charge on any atom is 0.252 e. The molecular formula is C30H22N4O4S2. The Morgan fingerprint density at radius 1 is 0.625 bits per heavy atom. The molecule has 10 heteroatoms. The first-order chi connectivity index (χ1) is 19.7. The number of nitrogens with zero attached hydrogens (tertiary/aromatic N) is 2. The van der Waals surface area contributed by atoms with Crippen molar-refractivity contribution in [3.8, 4) is 0 Å². The Hall–Kier alpha value is -4.54. The second-order valence-electron chi connectivity index (χ2n) is 8.71. The van der Waals surface area contributed by atoms with Gasteiger partial charge in [0.15, 0.2) is 0 Å². The summed E-state index contributed by atoms with van der Waals surface area (Å²) in [5, 5.41) is 7.33. The first-order valence-electron chi connectivity index (χ1n) is 12.4. The molecule has 0 spiro atoms. The molecule has 0 radical (unpaired) electrons. The van der Waals surface area contributed by atoms with E-state index in [2.05, 4.69) is 20.6 Å². The lowest BCUT2D eigenvalue weighted by Gasteiger charge is -2.11. The van der Waals surface area contributed by atoms with Gasteiger partial charge in [-0.05, 0) is 48.5 Å². The maximum absolute atomic E-state index is 13.0. The van der Waals surface area contributed by atoms with Crippen molar-refractivity contribution in [2.75, 3.05) is 0 Å². The van der Waals surface area contributed by atoms with Crippen LogP contribution in [0.5, 0.6) is 0 Å². The summed E-state index contributed by atoms with van der Waals surface area (Å²) in [7, 11) is 3.05. The van der Waals surface area contributed by atoms with Crippen molar-refractivity contribution < 1.29 is 18.4 Å². The Bertz CT molecular complexity index is 1670.